The van der Waals surface area contributed by atoms with Crippen molar-refractivity contribution in [2.75, 3.05) is 0 Å². The zero-order valence-electron chi connectivity index (χ0n) is 19.7. The summed E-state index contributed by atoms with van der Waals surface area (Å²) in [4.78, 5) is 205. The average molecular weight is 1120 g/mol. The fraction of sp³-hybridized carbons (Fsp3) is 0. The van der Waals surface area contributed by atoms with Gasteiger partial charge in [0.15, 0.2) is 0 Å². The Morgan fingerprint density at radius 1 is 0.174 bits per heavy atom. The standard InChI is InChI=1S/3Al.3Nb.8H3O4P/c;;;;;;8*1-5(2,3)4/h;;;;;;8*(H3,1,2,3,4)/q3*+3;3*+5;;;;;;;;/p-24. The van der Waals surface area contributed by atoms with Gasteiger partial charge in [-0.15, -0.1) is 0 Å². The van der Waals surface area contributed by atoms with Crippen LogP contribution in [0, 0.1) is 0 Å². The van der Waals surface area contributed by atoms with E-state index >= 15 is 0 Å². The SMILES string of the molecule is O=P([O-])([O-])[O-].O=P([O-])([O-])[O-].O=P([O-])([O-])[O-].O=P([O-])([O-])[O-].O=P([O-])([O-])[O-].O=P([O-])([O-])[O-].O=P([O-])([O-])[O-].O=P([O-])([O-])[O-].[Al+3].[Al+3].[Al+3].[Nb+5].[Nb+5].[Nb+5]. The van der Waals surface area contributed by atoms with Crippen molar-refractivity contribution in [3.63, 3.8) is 0 Å². The topological polar surface area (TPSA) is 690 Å². The Bertz CT molecular complexity index is 670. The molecule has 0 aliphatic heterocycles. The third-order valence-corrected chi connectivity index (χ3v) is 0. The van der Waals surface area contributed by atoms with E-state index in [2.05, 4.69) is 0 Å². The number of hydrogen-bond acceptors (Lipinski definition) is 32. The summed E-state index contributed by atoms with van der Waals surface area (Å²) >= 11 is 0. The minimum Gasteiger partial charge on any atom is -0.822 e. The summed E-state index contributed by atoms with van der Waals surface area (Å²) in [5.41, 5.74) is 0. The first-order valence-corrected chi connectivity index (χ1v) is 17.5. The van der Waals surface area contributed by atoms with Gasteiger partial charge in [0, 0.05) is 0 Å². The molecule has 0 aromatic rings. The van der Waals surface area contributed by atoms with E-state index in [4.69, 9.17) is 154 Å². The van der Waals surface area contributed by atoms with Gasteiger partial charge in [-0.1, -0.05) is 0 Å². The van der Waals surface area contributed by atoms with Gasteiger partial charge in [-0.25, -0.2) is 0 Å². The Morgan fingerprint density at radius 3 is 0.174 bits per heavy atom. The molecule has 0 unspecified atom stereocenters. The van der Waals surface area contributed by atoms with Crippen LogP contribution in [0.3, 0.4) is 0 Å². The molecule has 0 radical (unpaired) electrons. The van der Waals surface area contributed by atoms with Crippen LogP contribution in [0.5, 0.6) is 0 Å². The molecule has 32 nitrogen and oxygen atoms in total. The second-order valence-corrected chi connectivity index (χ2v) is 10.7. The van der Waals surface area contributed by atoms with Crippen LogP contribution < -0.4 is 117 Å². The van der Waals surface area contributed by atoms with Gasteiger partial charge in [-0.3, -0.25) is 0 Å². The van der Waals surface area contributed by atoms with Crippen molar-refractivity contribution in [1.29, 1.82) is 0 Å². The Labute approximate surface area is 332 Å². The molecule has 0 aliphatic carbocycles. The maximum absolute atomic E-state index is 8.55. The average Bonchev–Trinajstić information content (AvgIpc) is 2.16. The molecule has 0 heterocycles. The summed E-state index contributed by atoms with van der Waals surface area (Å²) in [5.74, 6) is 0. The van der Waals surface area contributed by atoms with Gasteiger partial charge in [-0.05, 0) is 0 Å². The Kier molecular flexibility index (Phi) is 85.8. The number of phosphoric acid groups is 8. The van der Waals surface area contributed by atoms with E-state index in [1.165, 1.54) is 0 Å². The predicted octanol–water partition coefficient (Wildman–Crippen LogP) is -23.7. The van der Waals surface area contributed by atoms with Crippen LogP contribution in [0.2, 0.25) is 0 Å². The smallest absolute Gasteiger partial charge is 0.822 e. The molecule has 0 aromatic heterocycles. The molecule has 0 rings (SSSR count). The van der Waals surface area contributed by atoms with Gasteiger partial charge in [-0.2, -0.15) is 62.6 Å². The molecule has 0 aromatic carbocycles. The van der Waals surface area contributed by atoms with Crippen molar-refractivity contribution >= 4 is 115 Å². The molecule has 256 valence electrons. The van der Waals surface area contributed by atoms with Gasteiger partial charge < -0.3 is 154 Å². The molecule has 0 spiro atoms. The summed E-state index contributed by atoms with van der Waals surface area (Å²) in [6, 6.07) is 0. The van der Waals surface area contributed by atoms with Gasteiger partial charge in [0.25, 0.3) is 0 Å². The van der Waals surface area contributed by atoms with Crippen LogP contribution in [-0.4, -0.2) is 52.1 Å². The third kappa shape index (κ3) is 5020. The van der Waals surface area contributed by atoms with E-state index in [1.807, 2.05) is 0 Å². The van der Waals surface area contributed by atoms with E-state index in [0.717, 1.165) is 0 Å². The van der Waals surface area contributed by atoms with Gasteiger partial charge >= 0.3 is 119 Å². The number of hydrogen-bond donors (Lipinski definition) is 0. The molecule has 46 heteroatoms. The minimum absolute atomic E-state index is 0. The second kappa shape index (κ2) is 42.4. The molecular formula is Al3Nb3O32P8. The zero-order valence-corrected chi connectivity index (χ0v) is 36.9. The van der Waals surface area contributed by atoms with Crippen molar-refractivity contribution in [2.45, 2.75) is 0 Å². The van der Waals surface area contributed by atoms with Crippen LogP contribution in [-0.2, 0) is 104 Å². The van der Waals surface area contributed by atoms with E-state index in [9.17, 15) is 0 Å². The first kappa shape index (κ1) is 93.0. The minimum atomic E-state index is -5.39. The van der Waals surface area contributed by atoms with Gasteiger partial charge in [0.05, 0.1) is 0 Å². The van der Waals surface area contributed by atoms with Crippen molar-refractivity contribution in [3.05, 3.63) is 0 Å². The molecule has 0 aliphatic rings. The fourth-order valence-electron chi connectivity index (χ4n) is 0. The molecule has 0 amide bonds. The van der Waals surface area contributed by atoms with E-state index in [1.54, 1.807) is 0 Å². The Hall–Kier alpha value is 4.70. The van der Waals surface area contributed by atoms with Crippen LogP contribution in [0.15, 0.2) is 0 Å². The third-order valence-electron chi connectivity index (χ3n) is 0. The maximum Gasteiger partial charge on any atom is 5.00 e. The van der Waals surface area contributed by atoms with Crippen LogP contribution in [0.25, 0.3) is 0 Å². The molecule has 0 saturated carbocycles. The van der Waals surface area contributed by atoms with Crippen molar-refractivity contribution < 1.29 is 221 Å². The summed E-state index contributed by atoms with van der Waals surface area (Å²) < 4.78 is 68.4. The fourth-order valence-corrected chi connectivity index (χ4v) is 0. The monoisotopic (exact) mass is 1120 g/mol. The van der Waals surface area contributed by atoms with Crippen molar-refractivity contribution in [3.8, 4) is 0 Å². The molecule has 46 heavy (non-hydrogen) atoms. The van der Waals surface area contributed by atoms with Crippen molar-refractivity contribution in [1.82, 2.24) is 0 Å². The van der Waals surface area contributed by atoms with Crippen molar-refractivity contribution in [2.24, 2.45) is 0 Å². The van der Waals surface area contributed by atoms with Crippen LogP contribution >= 0.6 is 62.6 Å². The van der Waals surface area contributed by atoms with E-state index in [-0.39, 0.29) is 119 Å². The molecule has 0 fully saturated rings. The normalized spacial score (nSPS) is 10.3. The molecule has 0 N–H and O–H groups in total. The molecule has 0 bridgehead atoms. The molecular weight excluding hydrogens is 1120 g/mol. The number of rotatable bonds is 0. The summed E-state index contributed by atoms with van der Waals surface area (Å²) in [6.07, 6.45) is 0. The van der Waals surface area contributed by atoms with Gasteiger partial charge in [0.2, 0.25) is 0 Å². The largest absolute Gasteiger partial charge is 5.00 e. The zero-order chi connectivity index (χ0) is 36.0. The Balaban J connectivity index is -0.0000000208. The summed E-state index contributed by atoms with van der Waals surface area (Å²) in [5, 5.41) is 0. The van der Waals surface area contributed by atoms with Gasteiger partial charge in [0.1, 0.15) is 0 Å². The first-order chi connectivity index (χ1) is 16.0. The summed E-state index contributed by atoms with van der Waals surface area (Å²) in [7, 11) is -43.1. The molecule has 0 atom stereocenters. The Morgan fingerprint density at radius 2 is 0.174 bits per heavy atom. The first-order valence-electron chi connectivity index (χ1n) is 5.84. The quantitative estimate of drug-likeness (QED) is 0.161. The van der Waals surface area contributed by atoms with E-state index < -0.39 is 62.6 Å². The summed E-state index contributed by atoms with van der Waals surface area (Å²) in [6.45, 7) is 0. The molecule has 0 saturated heterocycles. The maximum atomic E-state index is 8.55. The predicted molar refractivity (Wildman–Crippen MR) is 78.1 cm³/mol. The van der Waals surface area contributed by atoms with Crippen LogP contribution in [0.1, 0.15) is 0 Å². The second-order valence-electron chi connectivity index (χ2n) is 3.58. The van der Waals surface area contributed by atoms with E-state index in [0.29, 0.717) is 0 Å². The van der Waals surface area contributed by atoms with Crippen LogP contribution in [0.4, 0.5) is 0 Å².